The fourth-order valence-electron chi connectivity index (χ4n) is 6.24. The zero-order valence-electron chi connectivity index (χ0n) is 27.9. The Morgan fingerprint density at radius 1 is 0.574 bits per heavy atom. The average Bonchev–Trinajstić information content (AvgIpc) is 3.06. The lowest BCUT2D eigenvalue weighted by atomic mass is 9.85. The van der Waals surface area contributed by atoms with Crippen LogP contribution in [0.3, 0.4) is 0 Å². The summed E-state index contributed by atoms with van der Waals surface area (Å²) in [5.41, 5.74) is 9.30. The maximum Gasteiger partial charge on any atom is 0.294 e. The highest BCUT2D eigenvalue weighted by atomic mass is 32.2. The Balaban J connectivity index is 1.58. The summed E-state index contributed by atoms with van der Waals surface area (Å²) < 4.78 is 35.5. The van der Waals surface area contributed by atoms with E-state index in [2.05, 4.69) is 135 Å². The molecule has 0 saturated heterocycles. The van der Waals surface area contributed by atoms with Crippen LogP contribution in [0.1, 0.15) is 73.3 Å². The summed E-state index contributed by atoms with van der Waals surface area (Å²) in [5, 5.41) is 0. The summed E-state index contributed by atoms with van der Waals surface area (Å²) in [6, 6.07) is 40.7. The molecule has 244 valence electrons. The Labute approximate surface area is 281 Å². The first-order valence-electron chi connectivity index (χ1n) is 16.6. The topological polar surface area (TPSA) is 60.9 Å². The predicted molar refractivity (Wildman–Crippen MR) is 196 cm³/mol. The summed E-state index contributed by atoms with van der Waals surface area (Å²) >= 11 is 0. The van der Waals surface area contributed by atoms with E-state index in [1.807, 2.05) is 6.07 Å². The minimum atomic E-state index is -4.45. The highest BCUT2D eigenvalue weighted by Gasteiger charge is 2.25. The molecule has 5 aromatic rings. The molecule has 0 aliphatic heterocycles. The molecule has 0 saturated carbocycles. The van der Waals surface area contributed by atoms with Crippen LogP contribution in [0.2, 0.25) is 0 Å². The van der Waals surface area contributed by atoms with Crippen LogP contribution in [-0.2, 0) is 10.1 Å². The normalized spacial score (nSPS) is 11.5. The largest absolute Gasteiger partial charge is 0.341 e. The van der Waals surface area contributed by atoms with Gasteiger partial charge in [0, 0.05) is 41.8 Å². The van der Waals surface area contributed by atoms with Gasteiger partial charge in [-0.2, -0.15) is 8.42 Å². The number of unbranched alkanes of at least 4 members (excludes halogenated alkanes) is 2. The first-order valence-corrected chi connectivity index (χ1v) is 18.1. The summed E-state index contributed by atoms with van der Waals surface area (Å²) in [5.74, 6) is -0.414. The van der Waals surface area contributed by atoms with Gasteiger partial charge in [0.1, 0.15) is 0 Å². The molecule has 0 spiro atoms. The predicted octanol–water partition coefficient (Wildman–Crippen LogP) is 10.6. The highest BCUT2D eigenvalue weighted by molar-refractivity contribution is 7.85. The first-order chi connectivity index (χ1) is 22.7. The van der Waals surface area contributed by atoms with Gasteiger partial charge in [-0.25, -0.2) is 0 Å². The van der Waals surface area contributed by atoms with Gasteiger partial charge in [-0.05, 0) is 109 Å². The van der Waals surface area contributed by atoms with Crippen molar-refractivity contribution in [3.05, 3.63) is 149 Å². The second kappa shape index (κ2) is 15.5. The molecule has 0 aliphatic carbocycles. The van der Waals surface area contributed by atoms with Gasteiger partial charge < -0.3 is 9.80 Å². The van der Waals surface area contributed by atoms with Gasteiger partial charge in [0.05, 0.1) is 4.90 Å². The summed E-state index contributed by atoms with van der Waals surface area (Å²) in [6.07, 6.45) is 4.30. The molecule has 0 aliphatic rings. The maximum absolute atomic E-state index is 12.6. The third-order valence-corrected chi connectivity index (χ3v) is 9.61. The van der Waals surface area contributed by atoms with E-state index in [0.717, 1.165) is 72.6 Å². The van der Waals surface area contributed by atoms with Gasteiger partial charge in [0.2, 0.25) is 0 Å². The zero-order valence-corrected chi connectivity index (χ0v) is 28.7. The molecule has 6 heteroatoms. The molecule has 0 heterocycles. The minimum Gasteiger partial charge on any atom is -0.341 e. The Morgan fingerprint density at radius 3 is 1.43 bits per heavy atom. The second-order valence-corrected chi connectivity index (χ2v) is 13.7. The van der Waals surface area contributed by atoms with E-state index in [-0.39, 0.29) is 4.90 Å². The van der Waals surface area contributed by atoms with Gasteiger partial charge in [-0.15, -0.1) is 0 Å². The van der Waals surface area contributed by atoms with E-state index in [1.165, 1.54) is 17.2 Å². The van der Waals surface area contributed by atoms with Crippen LogP contribution in [0.15, 0.2) is 126 Å². The van der Waals surface area contributed by atoms with Crippen molar-refractivity contribution < 1.29 is 13.0 Å². The number of aryl methyl sites for hydroxylation is 2. The Hall–Kier alpha value is -4.39. The monoisotopic (exact) mass is 646 g/mol. The van der Waals surface area contributed by atoms with Crippen molar-refractivity contribution in [1.82, 2.24) is 0 Å². The van der Waals surface area contributed by atoms with Crippen molar-refractivity contribution in [1.29, 1.82) is 0 Å². The number of hydrogen-bond acceptors (Lipinski definition) is 4. The van der Waals surface area contributed by atoms with E-state index >= 15 is 0 Å². The van der Waals surface area contributed by atoms with E-state index < -0.39 is 16.0 Å². The van der Waals surface area contributed by atoms with Crippen LogP contribution >= 0.6 is 0 Å². The number of anilines is 4. The minimum absolute atomic E-state index is 0.0770. The molecule has 0 fully saturated rings. The molecule has 0 unspecified atom stereocenters. The molecular formula is C41H46N2O3S. The smallest absolute Gasteiger partial charge is 0.294 e. The molecule has 47 heavy (non-hydrogen) atoms. The van der Waals surface area contributed by atoms with Crippen molar-refractivity contribution in [2.75, 3.05) is 22.9 Å². The summed E-state index contributed by atoms with van der Waals surface area (Å²) in [4.78, 5) is 4.60. The molecule has 0 radical (unpaired) electrons. The molecule has 0 amide bonds. The van der Waals surface area contributed by atoms with Crippen molar-refractivity contribution in [3.63, 3.8) is 0 Å². The lowest BCUT2D eigenvalue weighted by molar-refractivity contribution is 0.482. The van der Waals surface area contributed by atoms with Crippen LogP contribution in [0.5, 0.6) is 0 Å². The quantitative estimate of drug-likeness (QED) is 0.0961. The molecule has 1 N–H and O–H groups in total. The lowest BCUT2D eigenvalue weighted by Crippen LogP contribution is -2.19. The third-order valence-electron chi connectivity index (χ3n) is 8.68. The van der Waals surface area contributed by atoms with E-state index in [1.54, 1.807) is 12.1 Å². The third kappa shape index (κ3) is 8.31. The van der Waals surface area contributed by atoms with Crippen LogP contribution < -0.4 is 9.80 Å². The summed E-state index contributed by atoms with van der Waals surface area (Å²) in [6.45, 7) is 10.4. The van der Waals surface area contributed by atoms with Crippen molar-refractivity contribution in [2.45, 2.75) is 64.2 Å². The lowest BCUT2D eigenvalue weighted by Gasteiger charge is -2.28. The fourth-order valence-corrected chi connectivity index (χ4v) is 6.97. The van der Waals surface area contributed by atoms with Crippen molar-refractivity contribution in [3.8, 4) is 0 Å². The van der Waals surface area contributed by atoms with Crippen LogP contribution in [0.4, 0.5) is 22.7 Å². The van der Waals surface area contributed by atoms with Crippen molar-refractivity contribution >= 4 is 32.9 Å². The van der Waals surface area contributed by atoms with E-state index in [0.29, 0.717) is 5.56 Å². The molecule has 5 rings (SSSR count). The number of nitrogens with zero attached hydrogens (tertiary/aromatic N) is 2. The second-order valence-electron chi connectivity index (χ2n) is 12.3. The first kappa shape index (κ1) is 34.0. The van der Waals surface area contributed by atoms with Gasteiger partial charge in [0.15, 0.2) is 0 Å². The van der Waals surface area contributed by atoms with Crippen LogP contribution in [0, 0.1) is 13.8 Å². The highest BCUT2D eigenvalue weighted by Crippen LogP contribution is 2.38. The number of hydrogen-bond donors (Lipinski definition) is 1. The molecule has 0 bridgehead atoms. The average molecular weight is 647 g/mol. The molecule has 5 nitrogen and oxygen atoms in total. The maximum atomic E-state index is 12.6. The van der Waals surface area contributed by atoms with Gasteiger partial charge in [0.25, 0.3) is 10.1 Å². The molecule has 5 aromatic carbocycles. The Kier molecular flexibility index (Phi) is 11.2. The SMILES string of the molecule is CCCCN(c1ccc(C(c2ccc(N(CCCC)c3cccc(C)c3)cc2)c2ccccc2S(=O)(=O)O)cc1)c1cccc(C)c1. The standard InChI is InChI=1S/C41H46N2O3S/c1-5-7-27-42(37-15-11-13-31(3)29-37)35-23-19-33(20-24-35)41(39-17-9-10-18-40(39)47(44,45)46)34-21-25-36(26-22-34)43(28-8-6-2)38-16-12-14-32(4)30-38/h9-26,29-30,41H,5-8,27-28H2,1-4H3,(H,44,45,46). The van der Waals surface area contributed by atoms with Crippen LogP contribution in [0.25, 0.3) is 0 Å². The zero-order chi connectivity index (χ0) is 33.4. The number of rotatable bonds is 14. The van der Waals surface area contributed by atoms with E-state index in [4.69, 9.17) is 0 Å². The summed E-state index contributed by atoms with van der Waals surface area (Å²) in [7, 11) is -4.45. The fraction of sp³-hybridized carbons (Fsp3) is 0.268. The molecule has 0 atom stereocenters. The Morgan fingerprint density at radius 2 is 1.02 bits per heavy atom. The Bertz CT molecular complexity index is 1770. The van der Waals surface area contributed by atoms with Gasteiger partial charge in [-0.1, -0.05) is 93.4 Å². The molecule has 0 aromatic heterocycles. The van der Waals surface area contributed by atoms with Crippen molar-refractivity contribution in [2.24, 2.45) is 0 Å². The van der Waals surface area contributed by atoms with Gasteiger partial charge in [-0.3, -0.25) is 4.55 Å². The van der Waals surface area contributed by atoms with E-state index in [9.17, 15) is 13.0 Å². The van der Waals surface area contributed by atoms with Crippen LogP contribution in [-0.4, -0.2) is 26.1 Å². The molecular weight excluding hydrogens is 601 g/mol. The van der Waals surface area contributed by atoms with Gasteiger partial charge >= 0.3 is 0 Å². The number of benzene rings is 5.